The van der Waals surface area contributed by atoms with Crippen LogP contribution in [0.5, 0.6) is 11.5 Å². The molecule has 126 valence electrons. The van der Waals surface area contributed by atoms with Crippen LogP contribution in [-0.4, -0.2) is 24.8 Å². The highest BCUT2D eigenvalue weighted by Crippen LogP contribution is 2.27. The first-order valence-electron chi connectivity index (χ1n) is 6.76. The molecule has 2 amide bonds. The molecule has 0 saturated heterocycles. The Balaban J connectivity index is 1.92. The van der Waals surface area contributed by atoms with Crippen LogP contribution in [0.4, 0.5) is 16.2 Å². The Kier molecular flexibility index (Phi) is 5.80. The van der Waals surface area contributed by atoms with Crippen molar-refractivity contribution in [3.05, 3.63) is 57.6 Å². The van der Waals surface area contributed by atoms with E-state index in [4.69, 9.17) is 21.1 Å². The van der Waals surface area contributed by atoms with Gasteiger partial charge in [-0.15, -0.1) is 0 Å². The number of rotatable bonds is 6. The molecule has 0 heterocycles. The first-order chi connectivity index (χ1) is 11.5. The number of non-ortho nitro benzene ring substituents is 1. The first-order valence-corrected chi connectivity index (χ1v) is 7.13. The maximum Gasteiger partial charge on any atom is 0.321 e. The molecule has 0 unspecified atom stereocenters. The van der Waals surface area contributed by atoms with Gasteiger partial charge in [-0.25, -0.2) is 4.79 Å². The quantitative estimate of drug-likeness (QED) is 0.471. The zero-order valence-electron chi connectivity index (χ0n) is 12.6. The maximum atomic E-state index is 11.8. The molecule has 0 aliphatic rings. The number of carbonyl (C=O) groups is 1. The fourth-order valence-corrected chi connectivity index (χ4v) is 1.97. The third kappa shape index (κ3) is 4.50. The molecule has 2 aromatic rings. The molecule has 0 fully saturated rings. The molecule has 0 aromatic heterocycles. The van der Waals surface area contributed by atoms with Crippen LogP contribution in [0.3, 0.4) is 0 Å². The maximum absolute atomic E-state index is 11.8. The monoisotopic (exact) mass is 351 g/mol. The number of hydrogen-bond acceptors (Lipinski definition) is 5. The summed E-state index contributed by atoms with van der Waals surface area (Å²) in [7, 11) is 1.51. The molecule has 0 aliphatic carbocycles. The Hall–Kier alpha value is -3.00. The van der Waals surface area contributed by atoms with Crippen LogP contribution < -0.4 is 20.1 Å². The summed E-state index contributed by atoms with van der Waals surface area (Å²) >= 11 is 5.90. The van der Waals surface area contributed by atoms with E-state index < -0.39 is 11.0 Å². The number of nitrogens with zero attached hydrogens (tertiary/aromatic N) is 1. The average molecular weight is 352 g/mol. The molecular formula is C15H14ClN3O5. The minimum atomic E-state index is -0.618. The Morgan fingerprint density at radius 2 is 1.96 bits per heavy atom. The van der Waals surface area contributed by atoms with E-state index in [1.807, 2.05) is 0 Å². The molecule has 0 radical (unpaired) electrons. The third-order valence-corrected chi connectivity index (χ3v) is 3.27. The van der Waals surface area contributed by atoms with Crippen molar-refractivity contribution >= 4 is 29.0 Å². The number of carbonyl (C=O) groups excluding carboxylic acids is 1. The molecule has 2 aromatic carbocycles. The Morgan fingerprint density at radius 1 is 1.25 bits per heavy atom. The number of para-hydroxylation sites is 2. The third-order valence-electron chi connectivity index (χ3n) is 2.94. The highest BCUT2D eigenvalue weighted by molar-refractivity contribution is 6.33. The van der Waals surface area contributed by atoms with Gasteiger partial charge in [0, 0.05) is 12.1 Å². The van der Waals surface area contributed by atoms with Gasteiger partial charge < -0.3 is 20.1 Å². The van der Waals surface area contributed by atoms with Crippen LogP contribution >= 0.6 is 11.6 Å². The van der Waals surface area contributed by atoms with Crippen molar-refractivity contribution in [1.29, 1.82) is 0 Å². The lowest BCUT2D eigenvalue weighted by atomic mass is 10.3. The topological polar surface area (TPSA) is 103 Å². The standard InChI is InChI=1S/C15H14ClN3O5/c1-23-13-4-2-3-5-14(13)24-9-17-15(20)18-12-8-10(19(21)22)6-7-11(12)16/h2-8H,9H2,1H3,(H2,17,18,20). The summed E-state index contributed by atoms with van der Waals surface area (Å²) in [5, 5.41) is 15.8. The fraction of sp³-hybridized carbons (Fsp3) is 0.133. The van der Waals surface area contributed by atoms with E-state index >= 15 is 0 Å². The van der Waals surface area contributed by atoms with Gasteiger partial charge in [0.05, 0.1) is 22.7 Å². The number of amides is 2. The Bertz CT molecular complexity index is 754. The van der Waals surface area contributed by atoms with Crippen molar-refractivity contribution in [3.8, 4) is 11.5 Å². The summed E-state index contributed by atoms with van der Waals surface area (Å²) in [5.74, 6) is 0.995. The number of nitro benzene ring substituents is 1. The number of halogens is 1. The normalized spacial score (nSPS) is 9.92. The zero-order chi connectivity index (χ0) is 17.5. The van der Waals surface area contributed by atoms with Gasteiger partial charge in [-0.05, 0) is 18.2 Å². The van der Waals surface area contributed by atoms with Crippen LogP contribution in [0.25, 0.3) is 0 Å². The van der Waals surface area contributed by atoms with Crippen LogP contribution in [0.15, 0.2) is 42.5 Å². The fourth-order valence-electron chi connectivity index (χ4n) is 1.81. The largest absolute Gasteiger partial charge is 0.493 e. The lowest BCUT2D eigenvalue weighted by Gasteiger charge is -2.12. The van der Waals surface area contributed by atoms with Gasteiger partial charge in [-0.2, -0.15) is 0 Å². The Morgan fingerprint density at radius 3 is 2.62 bits per heavy atom. The highest BCUT2D eigenvalue weighted by Gasteiger charge is 2.12. The van der Waals surface area contributed by atoms with E-state index in [1.165, 1.54) is 25.3 Å². The molecule has 24 heavy (non-hydrogen) atoms. The van der Waals surface area contributed by atoms with Gasteiger partial charge in [-0.3, -0.25) is 10.1 Å². The molecular weight excluding hydrogens is 338 g/mol. The van der Waals surface area contributed by atoms with Crippen molar-refractivity contribution in [3.63, 3.8) is 0 Å². The van der Waals surface area contributed by atoms with E-state index in [-0.39, 0.29) is 23.1 Å². The molecule has 0 atom stereocenters. The number of nitrogens with one attached hydrogen (secondary N) is 2. The minimum Gasteiger partial charge on any atom is -0.493 e. The highest BCUT2D eigenvalue weighted by atomic mass is 35.5. The van der Waals surface area contributed by atoms with Crippen LogP contribution in [-0.2, 0) is 0 Å². The second-order valence-corrected chi connectivity index (χ2v) is 4.90. The SMILES string of the molecule is COc1ccccc1OCNC(=O)Nc1cc([N+](=O)[O-])ccc1Cl. The predicted molar refractivity (Wildman–Crippen MR) is 88.7 cm³/mol. The van der Waals surface area contributed by atoms with Crippen LogP contribution in [0, 0.1) is 10.1 Å². The van der Waals surface area contributed by atoms with E-state index in [9.17, 15) is 14.9 Å². The van der Waals surface area contributed by atoms with Gasteiger partial charge in [0.25, 0.3) is 5.69 Å². The smallest absolute Gasteiger partial charge is 0.321 e. The van der Waals surface area contributed by atoms with Crippen molar-refractivity contribution in [2.45, 2.75) is 0 Å². The van der Waals surface area contributed by atoms with Crippen LogP contribution in [0.2, 0.25) is 5.02 Å². The summed E-state index contributed by atoms with van der Waals surface area (Å²) in [6.07, 6.45) is 0. The first kappa shape index (κ1) is 17.4. The number of anilines is 1. The zero-order valence-corrected chi connectivity index (χ0v) is 13.4. The predicted octanol–water partition coefficient (Wildman–Crippen LogP) is 3.41. The van der Waals surface area contributed by atoms with Gasteiger partial charge in [0.2, 0.25) is 0 Å². The molecule has 0 saturated carbocycles. The second kappa shape index (κ2) is 8.02. The molecule has 8 nitrogen and oxygen atoms in total. The molecule has 2 N–H and O–H groups in total. The van der Waals surface area contributed by atoms with E-state index in [1.54, 1.807) is 24.3 Å². The molecule has 9 heteroatoms. The number of methoxy groups -OCH3 is 1. The number of benzene rings is 2. The van der Waals surface area contributed by atoms with Gasteiger partial charge in [-0.1, -0.05) is 23.7 Å². The van der Waals surface area contributed by atoms with E-state index in [0.717, 1.165) is 0 Å². The molecule has 0 bridgehead atoms. The number of ether oxygens (including phenoxy) is 2. The van der Waals surface area contributed by atoms with Gasteiger partial charge >= 0.3 is 6.03 Å². The lowest BCUT2D eigenvalue weighted by molar-refractivity contribution is -0.384. The van der Waals surface area contributed by atoms with Gasteiger partial charge in [0.15, 0.2) is 18.2 Å². The van der Waals surface area contributed by atoms with Crippen molar-refractivity contribution < 1.29 is 19.2 Å². The molecule has 0 spiro atoms. The van der Waals surface area contributed by atoms with Crippen molar-refractivity contribution in [2.24, 2.45) is 0 Å². The summed E-state index contributed by atoms with van der Waals surface area (Å²) in [4.78, 5) is 22.0. The summed E-state index contributed by atoms with van der Waals surface area (Å²) in [5.41, 5.74) is -0.0550. The van der Waals surface area contributed by atoms with Crippen LogP contribution in [0.1, 0.15) is 0 Å². The number of hydrogen-bond donors (Lipinski definition) is 2. The van der Waals surface area contributed by atoms with Crippen molar-refractivity contribution in [2.75, 3.05) is 19.2 Å². The minimum absolute atomic E-state index is 0.126. The van der Waals surface area contributed by atoms with E-state index in [2.05, 4.69) is 10.6 Å². The van der Waals surface area contributed by atoms with Crippen molar-refractivity contribution in [1.82, 2.24) is 5.32 Å². The summed E-state index contributed by atoms with van der Waals surface area (Å²) < 4.78 is 10.5. The molecule has 2 rings (SSSR count). The Labute approximate surface area is 142 Å². The average Bonchev–Trinajstić information content (AvgIpc) is 2.57. The summed E-state index contributed by atoms with van der Waals surface area (Å²) in [6.45, 7) is -0.126. The van der Waals surface area contributed by atoms with E-state index in [0.29, 0.717) is 11.5 Å². The molecule has 0 aliphatic heterocycles. The lowest BCUT2D eigenvalue weighted by Crippen LogP contribution is -2.32. The number of nitro groups is 1. The number of urea groups is 1. The second-order valence-electron chi connectivity index (χ2n) is 4.49. The summed E-state index contributed by atoms with van der Waals surface area (Å²) in [6, 6.07) is 10.1. The van der Waals surface area contributed by atoms with Gasteiger partial charge in [0.1, 0.15) is 0 Å².